The van der Waals surface area contributed by atoms with E-state index in [1.807, 2.05) is 24.4 Å². The molecule has 0 spiro atoms. The molecular formula is C16H14N4. The molecule has 3 heterocycles. The van der Waals surface area contributed by atoms with Crippen LogP contribution in [0.3, 0.4) is 0 Å². The van der Waals surface area contributed by atoms with Crippen molar-refractivity contribution in [2.75, 3.05) is 13.1 Å². The molecule has 1 aliphatic heterocycles. The van der Waals surface area contributed by atoms with Crippen LogP contribution in [-0.2, 0) is 0 Å². The normalized spacial score (nSPS) is 14.3. The van der Waals surface area contributed by atoms with Crippen molar-refractivity contribution in [3.05, 3.63) is 60.4 Å². The monoisotopic (exact) mass is 262 g/mol. The van der Waals surface area contributed by atoms with Crippen molar-refractivity contribution >= 4 is 16.7 Å². The highest BCUT2D eigenvalue weighted by molar-refractivity contribution is 6.03. The molecule has 0 fully saturated rings. The predicted octanol–water partition coefficient (Wildman–Crippen LogP) is 2.38. The maximum Gasteiger partial charge on any atom is 0.145 e. The highest BCUT2D eigenvalue weighted by Crippen LogP contribution is 2.24. The number of hydrogen-bond donors (Lipinski definition) is 1. The fourth-order valence-electron chi connectivity index (χ4n) is 2.63. The van der Waals surface area contributed by atoms with Gasteiger partial charge in [-0.2, -0.15) is 0 Å². The second kappa shape index (κ2) is 4.49. The minimum absolute atomic E-state index is 0.832. The van der Waals surface area contributed by atoms with Gasteiger partial charge in [0, 0.05) is 18.1 Å². The number of amidine groups is 1. The fourth-order valence-corrected chi connectivity index (χ4v) is 2.63. The van der Waals surface area contributed by atoms with E-state index in [2.05, 4.69) is 50.2 Å². The number of para-hydroxylation sites is 1. The Hall–Kier alpha value is -2.62. The maximum atomic E-state index is 4.54. The van der Waals surface area contributed by atoms with Gasteiger partial charge in [-0.25, -0.2) is 4.98 Å². The van der Waals surface area contributed by atoms with E-state index < -0.39 is 0 Å². The van der Waals surface area contributed by atoms with Crippen molar-refractivity contribution in [1.82, 2.24) is 14.9 Å². The first-order valence-electron chi connectivity index (χ1n) is 6.74. The van der Waals surface area contributed by atoms with Gasteiger partial charge in [-0.1, -0.05) is 24.3 Å². The van der Waals surface area contributed by atoms with Crippen LogP contribution in [0.25, 0.3) is 16.7 Å². The first kappa shape index (κ1) is 11.2. The molecular weight excluding hydrogens is 248 g/mol. The van der Waals surface area contributed by atoms with Gasteiger partial charge in [0.2, 0.25) is 0 Å². The second-order valence-corrected chi connectivity index (χ2v) is 4.77. The van der Waals surface area contributed by atoms with Crippen LogP contribution in [0.4, 0.5) is 0 Å². The van der Waals surface area contributed by atoms with Gasteiger partial charge in [0.1, 0.15) is 11.7 Å². The predicted molar refractivity (Wildman–Crippen MR) is 80.5 cm³/mol. The Kier molecular flexibility index (Phi) is 2.52. The number of nitrogens with one attached hydrogen (secondary N) is 1. The number of aliphatic imine (C=N–C) groups is 1. The summed E-state index contributed by atoms with van der Waals surface area (Å²) in [7, 11) is 0. The zero-order valence-corrected chi connectivity index (χ0v) is 11.0. The van der Waals surface area contributed by atoms with Gasteiger partial charge in [-0.15, -0.1) is 0 Å². The second-order valence-electron chi connectivity index (χ2n) is 4.77. The van der Waals surface area contributed by atoms with E-state index >= 15 is 0 Å². The zero-order chi connectivity index (χ0) is 13.4. The zero-order valence-electron chi connectivity index (χ0n) is 11.0. The van der Waals surface area contributed by atoms with E-state index in [9.17, 15) is 0 Å². The molecule has 2 aromatic heterocycles. The van der Waals surface area contributed by atoms with E-state index in [1.54, 1.807) is 0 Å². The van der Waals surface area contributed by atoms with Crippen molar-refractivity contribution in [3.63, 3.8) is 0 Å². The fraction of sp³-hybridized carbons (Fsp3) is 0.125. The van der Waals surface area contributed by atoms with Crippen LogP contribution in [0.2, 0.25) is 0 Å². The van der Waals surface area contributed by atoms with Crippen molar-refractivity contribution in [2.45, 2.75) is 0 Å². The summed E-state index contributed by atoms with van der Waals surface area (Å²) in [5, 5.41) is 4.54. The molecule has 20 heavy (non-hydrogen) atoms. The van der Waals surface area contributed by atoms with Gasteiger partial charge >= 0.3 is 0 Å². The molecule has 0 radical (unpaired) electrons. The largest absolute Gasteiger partial charge is 0.367 e. The molecule has 1 N–H and O–H groups in total. The maximum absolute atomic E-state index is 4.54. The number of aromatic nitrogens is 2. The lowest BCUT2D eigenvalue weighted by Gasteiger charge is -2.10. The Morgan fingerprint density at radius 3 is 2.75 bits per heavy atom. The topological polar surface area (TPSA) is 42.2 Å². The van der Waals surface area contributed by atoms with E-state index in [-0.39, 0.29) is 0 Å². The van der Waals surface area contributed by atoms with Gasteiger partial charge < -0.3 is 5.32 Å². The van der Waals surface area contributed by atoms with E-state index in [1.165, 1.54) is 5.39 Å². The number of nitrogens with zero attached hydrogens (tertiary/aromatic N) is 3. The third-order valence-corrected chi connectivity index (χ3v) is 3.51. The summed E-state index contributed by atoms with van der Waals surface area (Å²) in [6.07, 6.45) is 1.82. The van der Waals surface area contributed by atoms with Gasteiger partial charge in [-0.05, 0) is 24.3 Å². The number of pyridine rings is 1. The highest BCUT2D eigenvalue weighted by Gasteiger charge is 2.17. The smallest absolute Gasteiger partial charge is 0.145 e. The van der Waals surface area contributed by atoms with E-state index in [0.717, 1.165) is 36.0 Å². The molecule has 3 aromatic rings. The van der Waals surface area contributed by atoms with Crippen LogP contribution in [0.1, 0.15) is 5.69 Å². The van der Waals surface area contributed by atoms with Gasteiger partial charge in [-0.3, -0.25) is 9.56 Å². The number of hydrogen-bond acceptors (Lipinski definition) is 3. The molecule has 0 atom stereocenters. The van der Waals surface area contributed by atoms with Crippen LogP contribution in [0, 0.1) is 0 Å². The lowest BCUT2D eigenvalue weighted by atomic mass is 10.2. The molecule has 4 nitrogen and oxygen atoms in total. The molecule has 0 saturated carbocycles. The highest BCUT2D eigenvalue weighted by atomic mass is 15.1. The Labute approximate surface area is 116 Å². The van der Waals surface area contributed by atoms with Crippen LogP contribution in [0.5, 0.6) is 0 Å². The third-order valence-electron chi connectivity index (χ3n) is 3.51. The quantitative estimate of drug-likeness (QED) is 0.770. The minimum atomic E-state index is 0.832. The first-order chi connectivity index (χ1) is 9.93. The molecule has 0 bridgehead atoms. The molecule has 0 amide bonds. The molecule has 98 valence electrons. The van der Waals surface area contributed by atoms with Gasteiger partial charge in [0.05, 0.1) is 17.8 Å². The van der Waals surface area contributed by atoms with Crippen molar-refractivity contribution in [1.29, 1.82) is 0 Å². The van der Waals surface area contributed by atoms with E-state index in [4.69, 9.17) is 0 Å². The average Bonchev–Trinajstić information content (AvgIpc) is 3.15. The molecule has 1 aliphatic rings. The van der Waals surface area contributed by atoms with Crippen LogP contribution < -0.4 is 5.32 Å². The molecule has 4 rings (SSSR count). The van der Waals surface area contributed by atoms with Crippen LogP contribution in [-0.4, -0.2) is 28.5 Å². The van der Waals surface area contributed by atoms with Crippen molar-refractivity contribution < 1.29 is 0 Å². The van der Waals surface area contributed by atoms with Crippen molar-refractivity contribution in [2.24, 2.45) is 4.99 Å². The lowest BCUT2D eigenvalue weighted by Crippen LogP contribution is -2.22. The molecule has 0 aliphatic carbocycles. The average molecular weight is 262 g/mol. The molecule has 0 saturated heterocycles. The summed E-state index contributed by atoms with van der Waals surface area (Å²) in [6, 6.07) is 16.5. The number of fused-ring (bicyclic) bond motifs is 1. The third kappa shape index (κ3) is 1.69. The summed E-state index contributed by atoms with van der Waals surface area (Å²) in [5.74, 6) is 1.87. The van der Waals surface area contributed by atoms with Gasteiger partial charge in [0.15, 0.2) is 0 Å². The first-order valence-corrected chi connectivity index (χ1v) is 6.74. The number of benzene rings is 1. The summed E-state index contributed by atoms with van der Waals surface area (Å²) in [6.45, 7) is 1.73. The Morgan fingerprint density at radius 2 is 1.95 bits per heavy atom. The molecule has 4 heteroatoms. The minimum Gasteiger partial charge on any atom is -0.367 e. The standard InChI is InChI=1S/C16H14N4/c1-2-6-13-12(5-1)11-14(16-18-9-10-19-16)20(13)15-7-3-4-8-17-15/h1-8,11H,9-10H2,(H,18,19). The molecule has 1 aromatic carbocycles. The van der Waals surface area contributed by atoms with Crippen molar-refractivity contribution in [3.8, 4) is 5.82 Å². The summed E-state index contributed by atoms with van der Waals surface area (Å²) < 4.78 is 2.16. The SMILES string of the molecule is c1ccc(-n2c(C3=NCCN3)cc3ccccc32)nc1. The Morgan fingerprint density at radius 1 is 1.05 bits per heavy atom. The number of rotatable bonds is 2. The summed E-state index contributed by atoms with van der Waals surface area (Å²) in [5.41, 5.74) is 2.22. The Balaban J connectivity index is 2.03. The summed E-state index contributed by atoms with van der Waals surface area (Å²) in [4.78, 5) is 9.03. The van der Waals surface area contributed by atoms with Crippen LogP contribution in [0.15, 0.2) is 59.7 Å². The Bertz CT molecular complexity index is 787. The van der Waals surface area contributed by atoms with E-state index in [0.29, 0.717) is 0 Å². The lowest BCUT2D eigenvalue weighted by molar-refractivity contribution is 0.952. The molecule has 0 unspecified atom stereocenters. The summed E-state index contributed by atoms with van der Waals surface area (Å²) >= 11 is 0. The van der Waals surface area contributed by atoms with Crippen LogP contribution >= 0.6 is 0 Å². The van der Waals surface area contributed by atoms with Gasteiger partial charge in [0.25, 0.3) is 0 Å².